The minimum atomic E-state index is -4.73. The molecule has 1 aliphatic rings. The van der Waals surface area contributed by atoms with E-state index in [0.717, 1.165) is 6.92 Å². The molecule has 2 aromatic heterocycles. The predicted molar refractivity (Wildman–Crippen MR) is 236 cm³/mol. The number of amides is 1. The van der Waals surface area contributed by atoms with Crippen molar-refractivity contribution in [3.63, 3.8) is 0 Å². The molecule has 27 heteroatoms. The predicted octanol–water partition coefficient (Wildman–Crippen LogP) is 5.56. The SMILES string of the molecule is CC(=O)O[C@@H]1[C@H](OC(C)=O)[C@@H](COP(=O)(O)OCC(C)(C)COCC(C)(C)CNC(=O)CCSSCCOC(=O)Oc2ccc([N+](=O)[O-])cc2)O[C@H]1n1cnc2c(NI)ncnc21. The molecule has 1 aromatic carbocycles. The Morgan fingerprint density at radius 3 is 2.30 bits per heavy atom. The summed E-state index contributed by atoms with van der Waals surface area (Å²) in [5.41, 5.74) is -0.674. The summed E-state index contributed by atoms with van der Waals surface area (Å²) in [6.07, 6.45) is -2.81. The second-order valence-corrected chi connectivity index (χ2v) is 20.0. The van der Waals surface area contributed by atoms with Crippen molar-refractivity contribution in [2.75, 3.05) is 54.6 Å². The van der Waals surface area contributed by atoms with Gasteiger partial charge in [0.1, 0.15) is 24.8 Å². The summed E-state index contributed by atoms with van der Waals surface area (Å²) in [5, 5.41) is 13.6. The molecule has 1 saturated heterocycles. The monoisotopic (exact) mass is 1060 g/mol. The molecule has 5 atom stereocenters. The van der Waals surface area contributed by atoms with Crippen LogP contribution >= 0.6 is 52.3 Å². The number of carbonyl (C=O) groups excluding carboxylic acids is 4. The zero-order chi connectivity index (χ0) is 46.4. The van der Waals surface area contributed by atoms with Crippen LogP contribution in [-0.2, 0) is 51.7 Å². The molecule has 3 N–H and O–H groups in total. The van der Waals surface area contributed by atoms with Crippen LogP contribution in [0.25, 0.3) is 11.2 Å². The summed E-state index contributed by atoms with van der Waals surface area (Å²) in [7, 11) is -1.87. The molecular formula is C36H49IN7O16PS2. The summed E-state index contributed by atoms with van der Waals surface area (Å²) < 4.78 is 61.1. The number of imidazole rings is 1. The highest BCUT2D eigenvalue weighted by molar-refractivity contribution is 14.1. The van der Waals surface area contributed by atoms with Crippen LogP contribution in [0.1, 0.15) is 54.2 Å². The first-order valence-electron chi connectivity index (χ1n) is 19.0. The number of hydrogen-bond donors (Lipinski definition) is 3. The van der Waals surface area contributed by atoms with Gasteiger partial charge in [-0.25, -0.2) is 24.3 Å². The number of benzene rings is 1. The summed E-state index contributed by atoms with van der Waals surface area (Å²) in [6, 6.07) is 5.01. The van der Waals surface area contributed by atoms with Crippen LogP contribution in [0.2, 0.25) is 0 Å². The van der Waals surface area contributed by atoms with Crippen molar-refractivity contribution in [2.45, 2.75) is 72.5 Å². The van der Waals surface area contributed by atoms with Gasteiger partial charge < -0.3 is 42.2 Å². The number of anilines is 1. The van der Waals surface area contributed by atoms with Crippen LogP contribution < -0.4 is 13.6 Å². The molecule has 0 bridgehead atoms. The number of nitro benzene ring substituents is 1. The molecule has 1 amide bonds. The number of phosphoric ester groups is 1. The average molecular weight is 1060 g/mol. The van der Waals surface area contributed by atoms with E-state index in [1.807, 2.05) is 36.7 Å². The van der Waals surface area contributed by atoms with E-state index in [-0.39, 0.29) is 50.2 Å². The number of ether oxygens (including phenoxy) is 6. The molecule has 23 nitrogen and oxygen atoms in total. The fourth-order valence-corrected chi connectivity index (χ4v) is 8.72. The van der Waals surface area contributed by atoms with Crippen LogP contribution in [0.4, 0.5) is 16.3 Å². The quantitative estimate of drug-likeness (QED) is 0.00894. The second-order valence-electron chi connectivity index (χ2n) is 15.3. The van der Waals surface area contributed by atoms with E-state index in [9.17, 15) is 38.8 Å². The number of hydrogen-bond acceptors (Lipinski definition) is 21. The first-order valence-corrected chi connectivity index (χ1v) is 24.1. The number of nitrogens with one attached hydrogen (secondary N) is 2. The van der Waals surface area contributed by atoms with Gasteiger partial charge in [0.25, 0.3) is 5.69 Å². The number of halogens is 1. The molecule has 0 saturated carbocycles. The van der Waals surface area contributed by atoms with Crippen molar-refractivity contribution in [1.82, 2.24) is 24.8 Å². The Labute approximate surface area is 383 Å². The molecule has 1 aliphatic heterocycles. The molecular weight excluding hydrogens is 1010 g/mol. The minimum Gasteiger partial charge on any atom is -0.456 e. The van der Waals surface area contributed by atoms with E-state index in [2.05, 4.69) is 23.8 Å². The van der Waals surface area contributed by atoms with Crippen molar-refractivity contribution in [3.8, 4) is 5.75 Å². The summed E-state index contributed by atoms with van der Waals surface area (Å²) in [4.78, 5) is 82.1. The van der Waals surface area contributed by atoms with Gasteiger partial charge in [-0.1, -0.05) is 49.3 Å². The third-order valence-corrected chi connectivity index (χ3v) is 12.3. The highest BCUT2D eigenvalue weighted by atomic mass is 127. The van der Waals surface area contributed by atoms with E-state index >= 15 is 0 Å². The van der Waals surface area contributed by atoms with Crippen molar-refractivity contribution < 1.29 is 71.0 Å². The van der Waals surface area contributed by atoms with E-state index in [1.165, 1.54) is 70.0 Å². The van der Waals surface area contributed by atoms with Gasteiger partial charge in [-0.05, 0) is 12.1 Å². The maximum atomic E-state index is 13.1. The third kappa shape index (κ3) is 16.9. The summed E-state index contributed by atoms with van der Waals surface area (Å²) >= 11 is 1.89. The number of nitrogens with zero attached hydrogens (tertiary/aromatic N) is 5. The standard InChI is InChI=1S/C36H49IN7O16PS2/c1-22(45)57-29-26(60-33(30(29)58-23(2)46)43-21-41-28-31(42-37)39-20-40-32(28)43)15-55-61(51,52)56-19-36(5,6)18-53-17-35(3,4)16-38-27(47)11-13-62-63-14-12-54-34(48)59-25-9-7-24(8-10-25)44(49)50/h7-10,20-21,26,29-30,33H,11-19H2,1-6H3,(H,38,47)(H,51,52)(H,39,40,42)/t26-,29-,30-,33-/m1/s1. The summed E-state index contributed by atoms with van der Waals surface area (Å²) in [5.74, 6) is -0.0962. The van der Waals surface area contributed by atoms with Crippen molar-refractivity contribution in [3.05, 3.63) is 47.0 Å². The van der Waals surface area contributed by atoms with Gasteiger partial charge >= 0.3 is 25.9 Å². The number of rotatable bonds is 25. The Bertz CT molecular complexity index is 2100. The Morgan fingerprint density at radius 1 is 0.968 bits per heavy atom. The van der Waals surface area contributed by atoms with Gasteiger partial charge in [0.2, 0.25) is 5.91 Å². The number of esters is 2. The summed E-state index contributed by atoms with van der Waals surface area (Å²) in [6.45, 7) is 9.59. The topological polar surface area (TPSA) is 290 Å². The molecule has 0 aliphatic carbocycles. The van der Waals surface area contributed by atoms with Crippen molar-refractivity contribution >= 4 is 98.9 Å². The molecule has 348 valence electrons. The fourth-order valence-electron chi connectivity index (χ4n) is 5.58. The van der Waals surface area contributed by atoms with E-state index in [4.69, 9.17) is 37.5 Å². The number of phosphoric acid groups is 1. The smallest absolute Gasteiger partial charge is 0.456 e. The van der Waals surface area contributed by atoms with E-state index in [0.29, 0.717) is 35.0 Å². The highest BCUT2D eigenvalue weighted by Gasteiger charge is 2.51. The molecule has 1 unspecified atom stereocenters. The highest BCUT2D eigenvalue weighted by Crippen LogP contribution is 2.46. The maximum absolute atomic E-state index is 13.1. The zero-order valence-electron chi connectivity index (χ0n) is 35.1. The second kappa shape index (κ2) is 23.9. The molecule has 1 fully saturated rings. The van der Waals surface area contributed by atoms with E-state index in [1.54, 1.807) is 13.8 Å². The van der Waals surface area contributed by atoms with Crippen LogP contribution in [0.15, 0.2) is 36.9 Å². The lowest BCUT2D eigenvalue weighted by atomic mass is 9.93. The lowest BCUT2D eigenvalue weighted by molar-refractivity contribution is -0.384. The van der Waals surface area contributed by atoms with Crippen LogP contribution in [0, 0.1) is 20.9 Å². The molecule has 3 heterocycles. The Hall–Kier alpha value is -3.89. The van der Waals surface area contributed by atoms with E-state index < -0.39 is 72.8 Å². The Balaban J connectivity index is 1.15. The first kappa shape index (κ1) is 51.7. The fraction of sp³-hybridized carbons (Fsp3) is 0.583. The first-order chi connectivity index (χ1) is 29.7. The van der Waals surface area contributed by atoms with Crippen molar-refractivity contribution in [2.24, 2.45) is 10.8 Å². The minimum absolute atomic E-state index is 0.0670. The third-order valence-electron chi connectivity index (χ3n) is 8.51. The largest absolute Gasteiger partial charge is 0.513 e. The molecule has 3 aromatic rings. The van der Waals surface area contributed by atoms with Gasteiger partial charge in [-0.3, -0.25) is 38.1 Å². The molecule has 63 heavy (non-hydrogen) atoms. The number of carbonyl (C=O) groups is 4. The normalized spacial score (nSPS) is 18.6. The van der Waals surface area contributed by atoms with Gasteiger partial charge in [-0.15, -0.1) is 0 Å². The molecule has 0 spiro atoms. The Kier molecular flexibility index (Phi) is 19.6. The molecule has 4 rings (SSSR count). The Morgan fingerprint density at radius 2 is 1.63 bits per heavy atom. The van der Waals surface area contributed by atoms with Crippen LogP contribution in [0.5, 0.6) is 5.75 Å². The number of nitro groups is 1. The molecule has 0 radical (unpaired) electrons. The van der Waals surface area contributed by atoms with Gasteiger partial charge in [0.05, 0.1) is 60.5 Å². The zero-order valence-corrected chi connectivity index (χ0v) is 39.8. The lowest BCUT2D eigenvalue weighted by Gasteiger charge is -2.29. The van der Waals surface area contributed by atoms with Gasteiger partial charge in [0.15, 0.2) is 35.4 Å². The average Bonchev–Trinajstić information content (AvgIpc) is 3.78. The van der Waals surface area contributed by atoms with Crippen molar-refractivity contribution in [1.29, 1.82) is 0 Å². The number of fused-ring (bicyclic) bond motifs is 1. The lowest BCUT2D eigenvalue weighted by Crippen LogP contribution is -2.40. The van der Waals surface area contributed by atoms with Crippen LogP contribution in [-0.4, -0.2) is 123 Å². The van der Waals surface area contributed by atoms with Gasteiger partial charge in [-0.2, -0.15) is 0 Å². The van der Waals surface area contributed by atoms with Gasteiger partial charge in [0, 0.05) is 61.3 Å². The maximum Gasteiger partial charge on any atom is 0.513 e. The number of aromatic nitrogens is 4. The number of non-ortho nitro benzene ring substituents is 1. The van der Waals surface area contributed by atoms with Crippen LogP contribution in [0.3, 0.4) is 0 Å².